The van der Waals surface area contributed by atoms with E-state index >= 15 is 0 Å². The molecule has 2 unspecified atom stereocenters. The third-order valence-corrected chi connectivity index (χ3v) is 4.90. The molecule has 0 radical (unpaired) electrons. The van der Waals surface area contributed by atoms with E-state index in [1.54, 1.807) is 0 Å². The van der Waals surface area contributed by atoms with E-state index in [4.69, 9.17) is 0 Å². The second-order valence-corrected chi connectivity index (χ2v) is 5.13. The van der Waals surface area contributed by atoms with Crippen LogP contribution in [0.15, 0.2) is 0 Å². The molecule has 3 rings (SSSR count). The highest BCUT2D eigenvalue weighted by molar-refractivity contribution is 5.79. The van der Waals surface area contributed by atoms with E-state index in [9.17, 15) is 15.0 Å². The molecule has 3 aliphatic carbocycles. The Hall–Kier alpha value is -0.570. The van der Waals surface area contributed by atoms with Crippen molar-refractivity contribution in [1.82, 2.24) is 0 Å². The highest BCUT2D eigenvalue weighted by Gasteiger charge is 2.76. The van der Waals surface area contributed by atoms with Gasteiger partial charge in [-0.05, 0) is 24.7 Å². The zero-order chi connectivity index (χ0) is 9.91. The van der Waals surface area contributed by atoms with Gasteiger partial charge in [0.15, 0.2) is 0 Å². The van der Waals surface area contributed by atoms with Crippen LogP contribution >= 0.6 is 0 Å². The Bertz CT molecular complexity index is 271. The molecule has 0 heterocycles. The summed E-state index contributed by atoms with van der Waals surface area (Å²) in [5, 5.41) is 18.5. The average molecular weight is 184 g/mol. The minimum absolute atomic E-state index is 0.106. The third-order valence-electron chi connectivity index (χ3n) is 4.90. The van der Waals surface area contributed by atoms with E-state index < -0.39 is 11.4 Å². The van der Waals surface area contributed by atoms with Gasteiger partial charge in [-0.2, -0.15) is 0 Å². The van der Waals surface area contributed by atoms with Crippen LogP contribution < -0.4 is 0 Å². The van der Waals surface area contributed by atoms with Crippen LogP contribution in [-0.2, 0) is 4.79 Å². The first-order valence-corrected chi connectivity index (χ1v) is 4.76. The molecule has 74 valence electrons. The number of aliphatic carboxylic acids is 1. The maximum Gasteiger partial charge on any atom is 0.310 e. The van der Waals surface area contributed by atoms with E-state index in [1.165, 1.54) is 0 Å². The molecule has 0 aromatic carbocycles. The highest BCUT2D eigenvalue weighted by atomic mass is 16.4. The van der Waals surface area contributed by atoms with E-state index in [2.05, 4.69) is 0 Å². The quantitative estimate of drug-likeness (QED) is 0.679. The lowest BCUT2D eigenvalue weighted by molar-refractivity contribution is -0.194. The van der Waals surface area contributed by atoms with Gasteiger partial charge in [0.25, 0.3) is 0 Å². The first-order valence-electron chi connectivity index (χ1n) is 4.76. The fourth-order valence-corrected chi connectivity index (χ4v) is 3.46. The molecule has 0 spiro atoms. The van der Waals surface area contributed by atoms with Gasteiger partial charge >= 0.3 is 5.97 Å². The smallest absolute Gasteiger partial charge is 0.310 e. The summed E-state index contributed by atoms with van der Waals surface area (Å²) in [5.41, 5.74) is -0.887. The summed E-state index contributed by atoms with van der Waals surface area (Å²) in [6, 6.07) is 0. The second kappa shape index (κ2) is 2.08. The number of hydrogen-bond donors (Lipinski definition) is 2. The van der Waals surface area contributed by atoms with Gasteiger partial charge in [-0.15, -0.1) is 0 Å². The SMILES string of the molecule is CC1(C)C2(CO)CCC1(C(=O)O)C2. The highest BCUT2D eigenvalue weighted by Crippen LogP contribution is 2.77. The molecule has 0 aromatic heterocycles. The predicted octanol–water partition coefficient (Wildman–Crippen LogP) is 1.26. The van der Waals surface area contributed by atoms with Gasteiger partial charge in [0.1, 0.15) is 0 Å². The molecule has 3 heteroatoms. The maximum atomic E-state index is 11.2. The average Bonchev–Trinajstić information content (AvgIpc) is 2.55. The Morgan fingerprint density at radius 2 is 2.00 bits per heavy atom. The van der Waals surface area contributed by atoms with Crippen LogP contribution in [0.3, 0.4) is 0 Å². The Kier molecular flexibility index (Phi) is 1.44. The molecule has 2 N–H and O–H groups in total. The van der Waals surface area contributed by atoms with Crippen LogP contribution in [0.2, 0.25) is 0 Å². The Labute approximate surface area is 77.8 Å². The molecule has 2 atom stereocenters. The van der Waals surface area contributed by atoms with E-state index in [1.807, 2.05) is 13.8 Å². The van der Waals surface area contributed by atoms with Crippen LogP contribution in [0.1, 0.15) is 33.1 Å². The maximum absolute atomic E-state index is 11.2. The number of carboxylic acids is 1. The standard InChI is InChI=1S/C10H16O3/c1-8(2)9(6-11)3-4-10(8,5-9)7(12)13/h11H,3-6H2,1-2H3,(H,12,13). The Morgan fingerprint density at radius 3 is 2.23 bits per heavy atom. The topological polar surface area (TPSA) is 57.5 Å². The molecule has 3 aliphatic rings. The summed E-state index contributed by atoms with van der Waals surface area (Å²) in [7, 11) is 0. The van der Waals surface area contributed by atoms with Crippen molar-refractivity contribution >= 4 is 5.97 Å². The van der Waals surface area contributed by atoms with Crippen LogP contribution in [0, 0.1) is 16.2 Å². The fraction of sp³-hybridized carbons (Fsp3) is 0.900. The number of aliphatic hydroxyl groups is 1. The van der Waals surface area contributed by atoms with Crippen molar-refractivity contribution < 1.29 is 15.0 Å². The molecule has 3 nitrogen and oxygen atoms in total. The molecule has 13 heavy (non-hydrogen) atoms. The predicted molar refractivity (Wildman–Crippen MR) is 47.2 cm³/mol. The zero-order valence-corrected chi connectivity index (χ0v) is 8.13. The molecule has 2 bridgehead atoms. The molecule has 0 saturated heterocycles. The van der Waals surface area contributed by atoms with Crippen molar-refractivity contribution in [1.29, 1.82) is 0 Å². The summed E-state index contributed by atoms with van der Waals surface area (Å²) in [6.07, 6.45) is 2.26. The molecular weight excluding hydrogens is 168 g/mol. The lowest BCUT2D eigenvalue weighted by atomic mass is 9.43. The summed E-state index contributed by atoms with van der Waals surface area (Å²) in [4.78, 5) is 11.2. The molecule has 0 aliphatic heterocycles. The zero-order valence-electron chi connectivity index (χ0n) is 8.13. The molecule has 3 fully saturated rings. The Balaban J connectivity index is 2.38. The van der Waals surface area contributed by atoms with Gasteiger partial charge in [0.05, 0.1) is 5.41 Å². The van der Waals surface area contributed by atoms with Crippen molar-refractivity contribution in [3.05, 3.63) is 0 Å². The fourth-order valence-electron chi connectivity index (χ4n) is 3.46. The number of fused-ring (bicyclic) bond motifs is 1. The van der Waals surface area contributed by atoms with Crippen LogP contribution in [0.5, 0.6) is 0 Å². The summed E-state index contributed by atoms with van der Waals surface area (Å²) < 4.78 is 0. The van der Waals surface area contributed by atoms with E-state index in [0.717, 1.165) is 12.8 Å². The lowest BCUT2D eigenvalue weighted by Crippen LogP contribution is -2.61. The summed E-state index contributed by atoms with van der Waals surface area (Å²) in [6.45, 7) is 4.09. The van der Waals surface area contributed by atoms with Crippen LogP contribution in [-0.4, -0.2) is 22.8 Å². The Morgan fingerprint density at radius 1 is 1.38 bits per heavy atom. The normalized spacial score (nSPS) is 45.8. The molecule has 0 aromatic rings. The van der Waals surface area contributed by atoms with E-state index in [0.29, 0.717) is 6.42 Å². The monoisotopic (exact) mass is 184 g/mol. The van der Waals surface area contributed by atoms with E-state index in [-0.39, 0.29) is 17.4 Å². The number of aliphatic hydroxyl groups excluding tert-OH is 1. The van der Waals surface area contributed by atoms with Crippen LogP contribution in [0.4, 0.5) is 0 Å². The van der Waals surface area contributed by atoms with Gasteiger partial charge in [0.2, 0.25) is 0 Å². The molecule has 0 amide bonds. The minimum Gasteiger partial charge on any atom is -0.481 e. The van der Waals surface area contributed by atoms with Gasteiger partial charge in [-0.1, -0.05) is 13.8 Å². The number of carbonyl (C=O) groups is 1. The summed E-state index contributed by atoms with van der Waals surface area (Å²) >= 11 is 0. The number of rotatable bonds is 2. The molecular formula is C10H16O3. The second-order valence-electron chi connectivity index (χ2n) is 5.13. The minimum atomic E-state index is -0.681. The van der Waals surface area contributed by atoms with Crippen molar-refractivity contribution in [2.24, 2.45) is 16.2 Å². The largest absolute Gasteiger partial charge is 0.481 e. The lowest BCUT2D eigenvalue weighted by Gasteiger charge is -2.59. The van der Waals surface area contributed by atoms with Crippen LogP contribution in [0.25, 0.3) is 0 Å². The van der Waals surface area contributed by atoms with Gasteiger partial charge in [0, 0.05) is 12.0 Å². The van der Waals surface area contributed by atoms with Crippen molar-refractivity contribution in [2.75, 3.05) is 6.61 Å². The van der Waals surface area contributed by atoms with Gasteiger partial charge in [-0.25, -0.2) is 0 Å². The number of carboxylic acid groups (broad SMARTS) is 1. The van der Waals surface area contributed by atoms with Crippen molar-refractivity contribution in [3.63, 3.8) is 0 Å². The van der Waals surface area contributed by atoms with Gasteiger partial charge in [-0.3, -0.25) is 4.79 Å². The van der Waals surface area contributed by atoms with Crippen molar-refractivity contribution in [3.8, 4) is 0 Å². The number of hydrogen-bond acceptors (Lipinski definition) is 2. The first kappa shape index (κ1) is 9.00. The third kappa shape index (κ3) is 0.654. The first-order chi connectivity index (χ1) is 5.92. The summed E-state index contributed by atoms with van der Waals surface area (Å²) in [5.74, 6) is -0.681. The van der Waals surface area contributed by atoms with Crippen molar-refractivity contribution in [2.45, 2.75) is 33.1 Å². The van der Waals surface area contributed by atoms with Gasteiger partial charge < -0.3 is 10.2 Å². The molecule has 3 saturated carbocycles.